The van der Waals surface area contributed by atoms with Gasteiger partial charge in [0.2, 0.25) is 0 Å². The maximum Gasteiger partial charge on any atom is 0.104 e. The van der Waals surface area contributed by atoms with Crippen LogP contribution >= 0.6 is 0 Å². The Morgan fingerprint density at radius 3 is 2.37 bits per heavy atom. The summed E-state index contributed by atoms with van der Waals surface area (Å²) in [5, 5.41) is 10.5. The van der Waals surface area contributed by atoms with Crippen LogP contribution in [-0.2, 0) is 0 Å². The molecular weight excluding hydrogens is 232 g/mol. The van der Waals surface area contributed by atoms with E-state index in [9.17, 15) is 5.11 Å². The Morgan fingerprint density at radius 1 is 0.947 bits per heavy atom. The first-order valence-corrected chi connectivity index (χ1v) is 7.00. The minimum absolute atomic E-state index is 0.516. The Balaban J connectivity index is 1.91. The Morgan fingerprint density at radius 2 is 1.68 bits per heavy atom. The van der Waals surface area contributed by atoms with Crippen LogP contribution in [0.2, 0.25) is 0 Å². The van der Waals surface area contributed by atoms with Crippen LogP contribution in [0.5, 0.6) is 0 Å². The molecule has 1 saturated carbocycles. The summed E-state index contributed by atoms with van der Waals surface area (Å²) in [4.78, 5) is 0. The average molecular weight is 252 g/mol. The number of aliphatic hydroxyl groups excluding tert-OH is 1. The van der Waals surface area contributed by atoms with Crippen LogP contribution in [0.25, 0.3) is 0 Å². The summed E-state index contributed by atoms with van der Waals surface area (Å²) >= 11 is 0. The van der Waals surface area contributed by atoms with Crippen molar-refractivity contribution in [3.05, 3.63) is 70.3 Å². The highest BCUT2D eigenvalue weighted by Gasteiger charge is 2.24. The van der Waals surface area contributed by atoms with E-state index in [1.165, 1.54) is 29.5 Å². The fourth-order valence-corrected chi connectivity index (χ4v) is 2.53. The van der Waals surface area contributed by atoms with Crippen molar-refractivity contribution in [3.8, 4) is 0 Å². The maximum atomic E-state index is 10.5. The van der Waals surface area contributed by atoms with Gasteiger partial charge < -0.3 is 5.11 Å². The lowest BCUT2D eigenvalue weighted by atomic mass is 9.96. The summed E-state index contributed by atoms with van der Waals surface area (Å²) in [6, 6.07) is 14.6. The zero-order chi connectivity index (χ0) is 13.4. The van der Waals surface area contributed by atoms with Gasteiger partial charge in [-0.05, 0) is 60.4 Å². The largest absolute Gasteiger partial charge is 0.384 e. The molecule has 1 unspecified atom stereocenters. The van der Waals surface area contributed by atoms with Gasteiger partial charge in [0.25, 0.3) is 0 Å². The van der Waals surface area contributed by atoms with Crippen LogP contribution < -0.4 is 0 Å². The molecule has 0 heterocycles. The third kappa shape index (κ3) is 2.57. The third-order valence-electron chi connectivity index (χ3n) is 4.12. The van der Waals surface area contributed by atoms with Gasteiger partial charge in [-0.1, -0.05) is 42.5 Å². The number of rotatable bonds is 3. The van der Waals surface area contributed by atoms with Crippen LogP contribution in [0, 0.1) is 13.8 Å². The number of aliphatic hydroxyl groups is 1. The molecule has 0 radical (unpaired) electrons. The molecule has 1 aliphatic rings. The van der Waals surface area contributed by atoms with Gasteiger partial charge in [0, 0.05) is 0 Å². The van der Waals surface area contributed by atoms with Crippen molar-refractivity contribution in [3.63, 3.8) is 0 Å². The van der Waals surface area contributed by atoms with E-state index >= 15 is 0 Å². The average Bonchev–Trinajstić information content (AvgIpc) is 3.26. The minimum atomic E-state index is -0.516. The van der Waals surface area contributed by atoms with Crippen LogP contribution in [0.4, 0.5) is 0 Å². The predicted octanol–water partition coefficient (Wildman–Crippen LogP) is 4.26. The molecule has 19 heavy (non-hydrogen) atoms. The van der Waals surface area contributed by atoms with Gasteiger partial charge in [0.15, 0.2) is 0 Å². The van der Waals surface area contributed by atoms with Gasteiger partial charge in [-0.3, -0.25) is 0 Å². The van der Waals surface area contributed by atoms with Crippen molar-refractivity contribution in [2.75, 3.05) is 0 Å². The number of hydrogen-bond acceptors (Lipinski definition) is 1. The summed E-state index contributed by atoms with van der Waals surface area (Å²) in [7, 11) is 0. The molecule has 0 amide bonds. The molecular formula is C18H20O. The van der Waals surface area contributed by atoms with E-state index in [0.29, 0.717) is 0 Å². The van der Waals surface area contributed by atoms with Gasteiger partial charge in [-0.25, -0.2) is 0 Å². The van der Waals surface area contributed by atoms with E-state index < -0.39 is 6.10 Å². The van der Waals surface area contributed by atoms with E-state index in [1.54, 1.807) is 0 Å². The number of benzene rings is 2. The zero-order valence-electron chi connectivity index (χ0n) is 11.6. The Labute approximate surface area is 114 Å². The van der Waals surface area contributed by atoms with Crippen molar-refractivity contribution in [1.29, 1.82) is 0 Å². The highest BCUT2D eigenvalue weighted by Crippen LogP contribution is 2.40. The second-order valence-electron chi connectivity index (χ2n) is 5.69. The summed E-state index contributed by atoms with van der Waals surface area (Å²) in [6.45, 7) is 4.19. The molecule has 1 atom stereocenters. The van der Waals surface area contributed by atoms with Gasteiger partial charge in [0.1, 0.15) is 6.10 Å². The molecule has 2 aromatic carbocycles. The first-order valence-electron chi connectivity index (χ1n) is 7.00. The fourth-order valence-electron chi connectivity index (χ4n) is 2.53. The van der Waals surface area contributed by atoms with Crippen LogP contribution in [0.1, 0.15) is 52.7 Å². The van der Waals surface area contributed by atoms with E-state index in [1.807, 2.05) is 12.1 Å². The fraction of sp³-hybridized carbons (Fsp3) is 0.333. The van der Waals surface area contributed by atoms with E-state index in [-0.39, 0.29) is 0 Å². The van der Waals surface area contributed by atoms with E-state index in [4.69, 9.17) is 0 Å². The molecule has 0 spiro atoms. The second-order valence-corrected chi connectivity index (χ2v) is 5.69. The lowest BCUT2D eigenvalue weighted by Crippen LogP contribution is -2.01. The van der Waals surface area contributed by atoms with Crippen LogP contribution in [0.3, 0.4) is 0 Å². The first-order chi connectivity index (χ1) is 9.15. The molecule has 98 valence electrons. The lowest BCUT2D eigenvalue weighted by Gasteiger charge is -2.14. The molecule has 1 fully saturated rings. The quantitative estimate of drug-likeness (QED) is 0.865. The van der Waals surface area contributed by atoms with E-state index in [0.717, 1.165) is 17.0 Å². The van der Waals surface area contributed by atoms with Gasteiger partial charge in [-0.15, -0.1) is 0 Å². The lowest BCUT2D eigenvalue weighted by molar-refractivity contribution is 0.220. The van der Waals surface area contributed by atoms with Gasteiger partial charge in [0.05, 0.1) is 0 Å². The molecule has 0 saturated heterocycles. The highest BCUT2D eigenvalue weighted by atomic mass is 16.3. The molecule has 1 N–H and O–H groups in total. The number of aryl methyl sites for hydroxylation is 2. The monoisotopic (exact) mass is 252 g/mol. The molecule has 3 rings (SSSR count). The van der Waals surface area contributed by atoms with Crippen molar-refractivity contribution >= 4 is 0 Å². The van der Waals surface area contributed by atoms with Gasteiger partial charge >= 0.3 is 0 Å². The molecule has 1 aliphatic carbocycles. The molecule has 2 aromatic rings. The third-order valence-corrected chi connectivity index (χ3v) is 4.12. The van der Waals surface area contributed by atoms with Crippen LogP contribution in [-0.4, -0.2) is 5.11 Å². The summed E-state index contributed by atoms with van der Waals surface area (Å²) in [6.07, 6.45) is 2.07. The van der Waals surface area contributed by atoms with Crippen molar-refractivity contribution in [1.82, 2.24) is 0 Å². The zero-order valence-corrected chi connectivity index (χ0v) is 11.6. The second kappa shape index (κ2) is 4.82. The normalized spacial score (nSPS) is 16.4. The summed E-state index contributed by atoms with van der Waals surface area (Å²) in [5.41, 5.74) is 5.86. The molecule has 0 aliphatic heterocycles. The smallest absolute Gasteiger partial charge is 0.104 e. The Kier molecular flexibility index (Phi) is 3.16. The molecule has 0 aromatic heterocycles. The minimum Gasteiger partial charge on any atom is -0.384 e. The maximum absolute atomic E-state index is 10.5. The molecule has 1 nitrogen and oxygen atoms in total. The summed E-state index contributed by atoms with van der Waals surface area (Å²) in [5.74, 6) is 0.729. The van der Waals surface area contributed by atoms with Crippen molar-refractivity contribution < 1.29 is 5.11 Å². The van der Waals surface area contributed by atoms with E-state index in [2.05, 4.69) is 44.2 Å². The SMILES string of the molecule is Cc1ccc(C(O)c2cccc(C3CC3)c2)cc1C. The Hall–Kier alpha value is -1.60. The highest BCUT2D eigenvalue weighted by molar-refractivity contribution is 5.38. The van der Waals surface area contributed by atoms with Crippen LogP contribution in [0.15, 0.2) is 42.5 Å². The standard InChI is InChI=1S/C18H20O/c1-12-6-7-17(10-13(12)2)18(19)16-5-3-4-15(11-16)14-8-9-14/h3-7,10-11,14,18-19H,8-9H2,1-2H3. The molecule has 0 bridgehead atoms. The molecule has 1 heteroatoms. The van der Waals surface area contributed by atoms with Crippen molar-refractivity contribution in [2.45, 2.75) is 38.7 Å². The van der Waals surface area contributed by atoms with Crippen molar-refractivity contribution in [2.24, 2.45) is 0 Å². The van der Waals surface area contributed by atoms with Gasteiger partial charge in [-0.2, -0.15) is 0 Å². The summed E-state index contributed by atoms with van der Waals surface area (Å²) < 4.78 is 0. The number of hydrogen-bond donors (Lipinski definition) is 1. The first kappa shape index (κ1) is 12.4. The topological polar surface area (TPSA) is 20.2 Å². The Bertz CT molecular complexity index is 596. The predicted molar refractivity (Wildman–Crippen MR) is 78.4 cm³/mol.